The molecule has 3 aromatic carbocycles. The summed E-state index contributed by atoms with van der Waals surface area (Å²) in [7, 11) is 0. The smallest absolute Gasteiger partial charge is 0.416 e. The van der Waals surface area contributed by atoms with Crippen molar-refractivity contribution in [2.24, 2.45) is 11.8 Å². The molecule has 1 saturated heterocycles. The molecule has 0 unspecified atom stereocenters. The zero-order chi connectivity index (χ0) is 33.2. The SMILES string of the molecule is Cc1cc([C@@H](COC(=O)c2ccccc2)O[C@H]2CC[C@@H]3CN(C(=O)OC(C)(C)C)C[C@H]3[C@@H]2c2ccccc2C)cc(C(F)(F)F)c1. The molecule has 0 spiro atoms. The highest BCUT2D eigenvalue weighted by atomic mass is 19.4. The predicted molar refractivity (Wildman–Crippen MR) is 168 cm³/mol. The number of carbonyl (C=O) groups is 2. The van der Waals surface area contributed by atoms with Crippen LogP contribution in [0.1, 0.15) is 83.8 Å². The van der Waals surface area contributed by atoms with Crippen molar-refractivity contribution in [3.05, 3.63) is 106 Å². The number of hydrogen-bond acceptors (Lipinski definition) is 5. The average molecular weight is 638 g/mol. The first-order valence-corrected chi connectivity index (χ1v) is 15.8. The molecule has 1 saturated carbocycles. The van der Waals surface area contributed by atoms with Crippen LogP contribution in [0.3, 0.4) is 0 Å². The maximum Gasteiger partial charge on any atom is 0.416 e. The fourth-order valence-corrected chi connectivity index (χ4v) is 6.86. The Morgan fingerprint density at radius 3 is 2.28 bits per heavy atom. The molecule has 0 radical (unpaired) electrons. The summed E-state index contributed by atoms with van der Waals surface area (Å²) < 4.78 is 59.9. The lowest BCUT2D eigenvalue weighted by Crippen LogP contribution is -2.39. The molecule has 0 bridgehead atoms. The standard InChI is InChI=1S/C37H42F3NO5/c1-23-17-27(19-28(18-23)37(38,39)40)32(22-44-34(42)25-12-7-6-8-13-25)45-31-16-15-26-20-41(35(43)46-36(3,4)5)21-30(26)33(31)29-14-10-9-11-24(29)2/h6-14,17-19,26,30-33H,15-16,20-22H2,1-5H3/t26-,30-,31+,32-,33+/m1/s1. The molecule has 1 aliphatic heterocycles. The molecule has 2 aliphatic rings. The summed E-state index contributed by atoms with van der Waals surface area (Å²) in [6.07, 6.45) is -4.87. The maximum absolute atomic E-state index is 13.9. The molecule has 9 heteroatoms. The molecule has 1 aliphatic carbocycles. The third kappa shape index (κ3) is 7.92. The minimum Gasteiger partial charge on any atom is -0.459 e. The Morgan fingerprint density at radius 1 is 0.913 bits per heavy atom. The number of aryl methyl sites for hydroxylation is 2. The number of carbonyl (C=O) groups excluding carboxylic acids is 2. The maximum atomic E-state index is 13.9. The highest BCUT2D eigenvalue weighted by Crippen LogP contribution is 2.49. The van der Waals surface area contributed by atoms with Crippen LogP contribution in [0.4, 0.5) is 18.0 Å². The minimum atomic E-state index is -4.55. The number of nitrogens with zero attached hydrogens (tertiary/aromatic N) is 1. The molecule has 2 fully saturated rings. The van der Waals surface area contributed by atoms with Gasteiger partial charge in [-0.2, -0.15) is 13.2 Å². The van der Waals surface area contributed by atoms with Crippen LogP contribution in [-0.2, 0) is 20.4 Å². The summed E-state index contributed by atoms with van der Waals surface area (Å²) in [5.41, 5.74) is 1.80. The summed E-state index contributed by atoms with van der Waals surface area (Å²) in [4.78, 5) is 27.8. The Bertz CT molecular complexity index is 1530. The molecule has 0 N–H and O–H groups in total. The first-order valence-electron chi connectivity index (χ1n) is 15.8. The van der Waals surface area contributed by atoms with Gasteiger partial charge in [0.05, 0.1) is 17.2 Å². The summed E-state index contributed by atoms with van der Waals surface area (Å²) in [6.45, 7) is 9.96. The fourth-order valence-electron chi connectivity index (χ4n) is 6.86. The zero-order valence-corrected chi connectivity index (χ0v) is 27.0. The van der Waals surface area contributed by atoms with Crippen molar-refractivity contribution in [1.82, 2.24) is 4.90 Å². The number of esters is 1. The average Bonchev–Trinajstić information content (AvgIpc) is 3.43. The molecule has 46 heavy (non-hydrogen) atoms. The summed E-state index contributed by atoms with van der Waals surface area (Å²) in [5, 5.41) is 0. The van der Waals surface area contributed by atoms with Crippen LogP contribution in [0.5, 0.6) is 0 Å². The van der Waals surface area contributed by atoms with Crippen LogP contribution < -0.4 is 0 Å². The van der Waals surface area contributed by atoms with Gasteiger partial charge in [-0.25, -0.2) is 9.59 Å². The second kappa shape index (κ2) is 13.5. The Kier molecular flexibility index (Phi) is 9.82. The van der Waals surface area contributed by atoms with E-state index in [1.165, 1.54) is 0 Å². The first kappa shape index (κ1) is 33.5. The van der Waals surface area contributed by atoms with E-state index in [1.807, 2.05) is 45.9 Å². The van der Waals surface area contributed by atoms with Gasteiger partial charge in [-0.1, -0.05) is 54.1 Å². The molecule has 1 heterocycles. The van der Waals surface area contributed by atoms with Gasteiger partial charge < -0.3 is 19.1 Å². The van der Waals surface area contributed by atoms with Gasteiger partial charge in [-0.3, -0.25) is 0 Å². The van der Waals surface area contributed by atoms with E-state index >= 15 is 0 Å². The molecule has 5 rings (SSSR count). The van der Waals surface area contributed by atoms with E-state index in [0.717, 1.165) is 29.7 Å². The van der Waals surface area contributed by atoms with Crippen LogP contribution in [0, 0.1) is 25.7 Å². The van der Waals surface area contributed by atoms with Gasteiger partial charge in [0.25, 0.3) is 0 Å². The Hall–Kier alpha value is -3.85. The number of halogens is 3. The lowest BCUT2D eigenvalue weighted by molar-refractivity contribution is -0.138. The van der Waals surface area contributed by atoms with Gasteiger partial charge in [0.1, 0.15) is 18.3 Å². The van der Waals surface area contributed by atoms with Crippen molar-refractivity contribution in [3.8, 4) is 0 Å². The highest BCUT2D eigenvalue weighted by molar-refractivity contribution is 5.89. The lowest BCUT2D eigenvalue weighted by Gasteiger charge is -2.41. The molecular weight excluding hydrogens is 595 g/mol. The van der Waals surface area contributed by atoms with Crippen molar-refractivity contribution in [3.63, 3.8) is 0 Å². The summed E-state index contributed by atoms with van der Waals surface area (Å²) in [6, 6.07) is 20.3. The van der Waals surface area contributed by atoms with E-state index in [-0.39, 0.29) is 30.5 Å². The van der Waals surface area contributed by atoms with Crippen molar-refractivity contribution >= 4 is 12.1 Å². The van der Waals surface area contributed by atoms with Crippen molar-refractivity contribution in [2.45, 2.75) is 77.4 Å². The monoisotopic (exact) mass is 637 g/mol. The lowest BCUT2D eigenvalue weighted by atomic mass is 9.68. The second-order valence-electron chi connectivity index (χ2n) is 13.5. The van der Waals surface area contributed by atoms with E-state index in [2.05, 4.69) is 6.07 Å². The number of rotatable bonds is 7. The number of alkyl halides is 3. The topological polar surface area (TPSA) is 65.1 Å². The molecule has 246 valence electrons. The number of benzene rings is 3. The van der Waals surface area contributed by atoms with Crippen LogP contribution in [0.25, 0.3) is 0 Å². The Labute approximate surface area is 268 Å². The zero-order valence-electron chi connectivity index (χ0n) is 27.0. The third-order valence-corrected chi connectivity index (χ3v) is 8.89. The first-order chi connectivity index (χ1) is 21.7. The van der Waals surface area contributed by atoms with Crippen molar-refractivity contribution < 1.29 is 37.0 Å². The molecule has 5 atom stereocenters. The molecular formula is C37H42F3NO5. The normalized spacial score (nSPS) is 22.2. The van der Waals surface area contributed by atoms with Gasteiger partial charge in [-0.15, -0.1) is 0 Å². The van der Waals surface area contributed by atoms with E-state index in [9.17, 15) is 22.8 Å². The van der Waals surface area contributed by atoms with Gasteiger partial charge in [-0.05, 0) is 100 Å². The summed E-state index contributed by atoms with van der Waals surface area (Å²) in [5.74, 6) is -0.474. The largest absolute Gasteiger partial charge is 0.459 e. The second-order valence-corrected chi connectivity index (χ2v) is 13.5. The number of likely N-dealkylation sites (tertiary alicyclic amines) is 1. The van der Waals surface area contributed by atoms with Gasteiger partial charge >= 0.3 is 18.2 Å². The molecule has 3 aromatic rings. The number of ether oxygens (including phenoxy) is 3. The number of amides is 1. The molecule has 0 aromatic heterocycles. The van der Waals surface area contributed by atoms with Gasteiger partial charge in [0, 0.05) is 19.0 Å². The van der Waals surface area contributed by atoms with Crippen LogP contribution >= 0.6 is 0 Å². The Morgan fingerprint density at radius 2 is 1.61 bits per heavy atom. The minimum absolute atomic E-state index is 0.0446. The van der Waals surface area contributed by atoms with Crippen LogP contribution in [0.15, 0.2) is 72.8 Å². The quantitative estimate of drug-likeness (QED) is 0.243. The number of fused-ring (bicyclic) bond motifs is 1. The van der Waals surface area contributed by atoms with E-state index in [1.54, 1.807) is 48.2 Å². The summed E-state index contributed by atoms with van der Waals surface area (Å²) >= 11 is 0. The van der Waals surface area contributed by atoms with Crippen LogP contribution in [-0.4, -0.2) is 48.4 Å². The van der Waals surface area contributed by atoms with E-state index < -0.39 is 35.5 Å². The molecule has 1 amide bonds. The van der Waals surface area contributed by atoms with Gasteiger partial charge in [0.2, 0.25) is 0 Å². The molecule has 6 nitrogen and oxygen atoms in total. The highest BCUT2D eigenvalue weighted by Gasteiger charge is 2.48. The van der Waals surface area contributed by atoms with E-state index in [4.69, 9.17) is 14.2 Å². The predicted octanol–water partition coefficient (Wildman–Crippen LogP) is 8.67. The van der Waals surface area contributed by atoms with Gasteiger partial charge in [0.15, 0.2) is 0 Å². The Balaban J connectivity index is 1.48. The fraction of sp³-hybridized carbons (Fsp3) is 0.459. The van der Waals surface area contributed by atoms with Crippen LogP contribution in [0.2, 0.25) is 0 Å². The third-order valence-electron chi connectivity index (χ3n) is 8.89. The number of hydrogen-bond donors (Lipinski definition) is 0. The van der Waals surface area contributed by atoms with Crippen molar-refractivity contribution in [2.75, 3.05) is 19.7 Å². The van der Waals surface area contributed by atoms with E-state index in [0.29, 0.717) is 36.2 Å². The van der Waals surface area contributed by atoms with Crippen molar-refractivity contribution in [1.29, 1.82) is 0 Å².